The molecule has 6 heteroatoms. The molecule has 0 aromatic heterocycles. The van der Waals surface area contributed by atoms with Gasteiger partial charge in [0.15, 0.2) is 0 Å². The molecule has 6 nitrogen and oxygen atoms in total. The SMILES string of the molecule is CCCOc1ccc([C@H]2NC(=O)NC(C)=C2C(=O)OC2CCCCCC2)cc1. The lowest BCUT2D eigenvalue weighted by Crippen LogP contribution is -2.45. The third-order valence-electron chi connectivity index (χ3n) is 5.25. The van der Waals surface area contributed by atoms with Crippen molar-refractivity contribution in [1.29, 1.82) is 0 Å². The van der Waals surface area contributed by atoms with E-state index in [1.54, 1.807) is 6.92 Å². The number of ether oxygens (including phenoxy) is 2. The largest absolute Gasteiger partial charge is 0.494 e. The zero-order valence-electron chi connectivity index (χ0n) is 16.8. The van der Waals surface area contributed by atoms with E-state index < -0.39 is 6.04 Å². The number of rotatable bonds is 6. The Morgan fingerprint density at radius 3 is 2.43 bits per heavy atom. The van der Waals surface area contributed by atoms with Crippen LogP contribution in [0.3, 0.4) is 0 Å². The standard InChI is InChI=1S/C22H30N2O4/c1-3-14-27-17-12-10-16(11-13-17)20-19(15(2)23-22(26)24-20)21(25)28-18-8-6-4-5-7-9-18/h10-13,18,20H,3-9,14H2,1-2H3,(H2,23,24,26)/t20-/m1/s1. The van der Waals surface area contributed by atoms with E-state index in [-0.39, 0.29) is 18.1 Å². The lowest BCUT2D eigenvalue weighted by atomic mass is 9.95. The van der Waals surface area contributed by atoms with Crippen LogP contribution in [0.2, 0.25) is 0 Å². The highest BCUT2D eigenvalue weighted by Crippen LogP contribution is 2.30. The number of carbonyl (C=O) groups excluding carboxylic acids is 2. The molecule has 1 atom stereocenters. The van der Waals surface area contributed by atoms with Gasteiger partial charge in [0, 0.05) is 5.70 Å². The summed E-state index contributed by atoms with van der Waals surface area (Å²) in [6.07, 6.45) is 7.29. The number of benzene rings is 1. The van der Waals surface area contributed by atoms with Crippen molar-refractivity contribution in [3.05, 3.63) is 41.1 Å². The van der Waals surface area contributed by atoms with Gasteiger partial charge in [-0.1, -0.05) is 31.9 Å². The molecular formula is C22H30N2O4. The molecule has 0 spiro atoms. The van der Waals surface area contributed by atoms with Crippen molar-refractivity contribution in [2.45, 2.75) is 70.9 Å². The molecule has 1 fully saturated rings. The number of amides is 2. The van der Waals surface area contributed by atoms with Crippen molar-refractivity contribution in [3.63, 3.8) is 0 Å². The molecule has 1 aliphatic carbocycles. The minimum atomic E-state index is -0.535. The first-order valence-corrected chi connectivity index (χ1v) is 10.3. The molecule has 2 N–H and O–H groups in total. The second-order valence-corrected chi connectivity index (χ2v) is 7.51. The molecule has 1 aliphatic heterocycles. The molecule has 1 saturated carbocycles. The first-order valence-electron chi connectivity index (χ1n) is 10.3. The van der Waals surface area contributed by atoms with Gasteiger partial charge in [0.1, 0.15) is 11.9 Å². The van der Waals surface area contributed by atoms with Crippen LogP contribution in [0.1, 0.15) is 70.4 Å². The van der Waals surface area contributed by atoms with Crippen molar-refractivity contribution in [2.75, 3.05) is 6.61 Å². The van der Waals surface area contributed by atoms with Gasteiger partial charge in [-0.15, -0.1) is 0 Å². The lowest BCUT2D eigenvalue weighted by molar-refractivity contribution is -0.145. The molecule has 1 aromatic carbocycles. The van der Waals surface area contributed by atoms with Gasteiger partial charge < -0.3 is 20.1 Å². The van der Waals surface area contributed by atoms with E-state index >= 15 is 0 Å². The summed E-state index contributed by atoms with van der Waals surface area (Å²) < 4.78 is 11.5. The Labute approximate surface area is 166 Å². The van der Waals surface area contributed by atoms with Crippen LogP contribution >= 0.6 is 0 Å². The number of urea groups is 1. The summed E-state index contributed by atoms with van der Waals surface area (Å²) in [6, 6.07) is 6.64. The Balaban J connectivity index is 1.78. The van der Waals surface area contributed by atoms with Gasteiger partial charge in [0.25, 0.3) is 0 Å². The van der Waals surface area contributed by atoms with Crippen LogP contribution in [0.15, 0.2) is 35.5 Å². The van der Waals surface area contributed by atoms with E-state index in [1.807, 2.05) is 24.3 Å². The van der Waals surface area contributed by atoms with E-state index in [0.29, 0.717) is 17.9 Å². The Hall–Kier alpha value is -2.50. The molecule has 152 valence electrons. The molecule has 28 heavy (non-hydrogen) atoms. The van der Waals surface area contributed by atoms with Crippen molar-refractivity contribution in [1.82, 2.24) is 10.6 Å². The molecule has 3 rings (SSSR count). The van der Waals surface area contributed by atoms with Crippen LogP contribution in [-0.4, -0.2) is 24.7 Å². The van der Waals surface area contributed by atoms with Gasteiger partial charge in [-0.3, -0.25) is 0 Å². The highest BCUT2D eigenvalue weighted by molar-refractivity contribution is 5.95. The van der Waals surface area contributed by atoms with Crippen LogP contribution in [0, 0.1) is 0 Å². The van der Waals surface area contributed by atoms with Crippen molar-refractivity contribution < 1.29 is 19.1 Å². The normalized spacial score (nSPS) is 20.8. The zero-order chi connectivity index (χ0) is 19.9. The fourth-order valence-electron chi connectivity index (χ4n) is 3.77. The molecule has 1 heterocycles. The molecule has 0 saturated heterocycles. The maximum absolute atomic E-state index is 13.0. The van der Waals surface area contributed by atoms with Gasteiger partial charge in [-0.2, -0.15) is 0 Å². The summed E-state index contributed by atoms with van der Waals surface area (Å²) in [4.78, 5) is 25.0. The number of esters is 1. The van der Waals surface area contributed by atoms with Gasteiger partial charge in [-0.05, 0) is 56.7 Å². The molecule has 2 amide bonds. The predicted octanol–water partition coefficient (Wildman–Crippen LogP) is 4.37. The van der Waals surface area contributed by atoms with Gasteiger partial charge >= 0.3 is 12.0 Å². The molecule has 1 aromatic rings. The van der Waals surface area contributed by atoms with Crippen LogP contribution < -0.4 is 15.4 Å². The van der Waals surface area contributed by atoms with Gasteiger partial charge in [0.2, 0.25) is 0 Å². The minimum Gasteiger partial charge on any atom is -0.494 e. The highest BCUT2D eigenvalue weighted by Gasteiger charge is 2.33. The number of hydrogen-bond acceptors (Lipinski definition) is 4. The zero-order valence-corrected chi connectivity index (χ0v) is 16.8. The topological polar surface area (TPSA) is 76.7 Å². The van der Waals surface area contributed by atoms with Crippen molar-refractivity contribution in [3.8, 4) is 5.75 Å². The fourth-order valence-corrected chi connectivity index (χ4v) is 3.77. The van der Waals surface area contributed by atoms with Crippen molar-refractivity contribution >= 4 is 12.0 Å². The highest BCUT2D eigenvalue weighted by atomic mass is 16.5. The molecular weight excluding hydrogens is 356 g/mol. The maximum atomic E-state index is 13.0. The summed E-state index contributed by atoms with van der Waals surface area (Å²) >= 11 is 0. The van der Waals surface area contributed by atoms with Crippen LogP contribution in [0.5, 0.6) is 5.75 Å². The third-order valence-corrected chi connectivity index (χ3v) is 5.25. The molecule has 0 radical (unpaired) electrons. The van der Waals surface area contributed by atoms with Gasteiger partial charge in [-0.25, -0.2) is 9.59 Å². The smallest absolute Gasteiger partial charge is 0.338 e. The number of allylic oxidation sites excluding steroid dienone is 1. The Bertz CT molecular complexity index is 719. The molecule has 2 aliphatic rings. The maximum Gasteiger partial charge on any atom is 0.338 e. The first kappa shape index (κ1) is 20.2. The average molecular weight is 386 g/mol. The van der Waals surface area contributed by atoms with E-state index in [0.717, 1.165) is 43.4 Å². The van der Waals surface area contributed by atoms with Gasteiger partial charge in [0.05, 0.1) is 18.2 Å². The summed E-state index contributed by atoms with van der Waals surface area (Å²) in [7, 11) is 0. The Kier molecular flexibility index (Phi) is 6.95. The first-order chi connectivity index (χ1) is 13.6. The Morgan fingerprint density at radius 1 is 1.11 bits per heavy atom. The Morgan fingerprint density at radius 2 is 1.79 bits per heavy atom. The van der Waals surface area contributed by atoms with Crippen LogP contribution in [-0.2, 0) is 9.53 Å². The molecule has 0 unspecified atom stereocenters. The van der Waals surface area contributed by atoms with Crippen LogP contribution in [0.4, 0.5) is 4.79 Å². The van der Waals surface area contributed by atoms with E-state index in [2.05, 4.69) is 17.6 Å². The summed E-state index contributed by atoms with van der Waals surface area (Å²) in [5.74, 6) is 0.419. The fraction of sp³-hybridized carbons (Fsp3) is 0.545. The number of carbonyl (C=O) groups is 2. The lowest BCUT2D eigenvalue weighted by Gasteiger charge is -2.29. The summed E-state index contributed by atoms with van der Waals surface area (Å²) in [5, 5.41) is 5.56. The number of nitrogens with one attached hydrogen (secondary N) is 2. The van der Waals surface area contributed by atoms with Crippen LogP contribution in [0.25, 0.3) is 0 Å². The van der Waals surface area contributed by atoms with Crippen molar-refractivity contribution in [2.24, 2.45) is 0 Å². The third kappa shape index (κ3) is 5.06. The summed E-state index contributed by atoms with van der Waals surface area (Å²) in [6.45, 7) is 4.45. The molecule has 0 bridgehead atoms. The second kappa shape index (κ2) is 9.62. The second-order valence-electron chi connectivity index (χ2n) is 7.51. The monoisotopic (exact) mass is 386 g/mol. The van der Waals surface area contributed by atoms with E-state index in [9.17, 15) is 9.59 Å². The quantitative estimate of drug-likeness (QED) is 0.562. The van der Waals surface area contributed by atoms with E-state index in [1.165, 1.54) is 12.8 Å². The average Bonchev–Trinajstić information content (AvgIpc) is 2.94. The van der Waals surface area contributed by atoms with E-state index in [4.69, 9.17) is 9.47 Å². The predicted molar refractivity (Wildman–Crippen MR) is 107 cm³/mol. The summed E-state index contributed by atoms with van der Waals surface area (Å²) in [5.41, 5.74) is 1.83. The minimum absolute atomic E-state index is 0.0432. The number of hydrogen-bond donors (Lipinski definition) is 2.